The first-order valence-corrected chi connectivity index (χ1v) is 8.80. The van der Waals surface area contributed by atoms with Crippen molar-refractivity contribution < 1.29 is 28.7 Å². The zero-order chi connectivity index (χ0) is 21.4. The standard InChI is InChI=1S/C21H22N2O6/c1-13-8-9-15(10-14(13)2)20(26)22-11-19(25)29-12-18(24)23-17-7-5-4-6-16(17)21(27)28-3/h4-10H,11-12H2,1-3H3,(H,22,26)(H,23,24). The molecule has 29 heavy (non-hydrogen) atoms. The van der Waals surface area contributed by atoms with Crippen molar-refractivity contribution in [2.45, 2.75) is 13.8 Å². The third-order valence-corrected chi connectivity index (χ3v) is 4.13. The summed E-state index contributed by atoms with van der Waals surface area (Å²) in [6, 6.07) is 11.5. The van der Waals surface area contributed by atoms with Gasteiger partial charge < -0.3 is 20.1 Å². The average Bonchev–Trinajstić information content (AvgIpc) is 2.72. The lowest BCUT2D eigenvalue weighted by molar-refractivity contribution is -0.146. The Bertz CT molecular complexity index is 939. The van der Waals surface area contributed by atoms with Crippen LogP contribution in [0.25, 0.3) is 0 Å². The molecule has 0 aliphatic carbocycles. The molecule has 0 aliphatic heterocycles. The van der Waals surface area contributed by atoms with Gasteiger partial charge in [-0.15, -0.1) is 0 Å². The lowest BCUT2D eigenvalue weighted by Crippen LogP contribution is -2.32. The fourth-order valence-electron chi connectivity index (χ4n) is 2.40. The number of esters is 2. The number of anilines is 1. The fourth-order valence-corrected chi connectivity index (χ4v) is 2.40. The molecule has 0 fully saturated rings. The van der Waals surface area contributed by atoms with Crippen LogP contribution < -0.4 is 10.6 Å². The molecule has 0 radical (unpaired) electrons. The van der Waals surface area contributed by atoms with Crippen molar-refractivity contribution >= 4 is 29.4 Å². The largest absolute Gasteiger partial charge is 0.465 e. The van der Waals surface area contributed by atoms with E-state index in [-0.39, 0.29) is 17.8 Å². The van der Waals surface area contributed by atoms with Crippen molar-refractivity contribution in [1.29, 1.82) is 0 Å². The highest BCUT2D eigenvalue weighted by molar-refractivity contribution is 6.02. The molecular formula is C21H22N2O6. The highest BCUT2D eigenvalue weighted by atomic mass is 16.5. The van der Waals surface area contributed by atoms with Crippen LogP contribution in [0, 0.1) is 13.8 Å². The van der Waals surface area contributed by atoms with Crippen LogP contribution in [0.1, 0.15) is 31.8 Å². The number of benzene rings is 2. The molecule has 0 saturated heterocycles. The van der Waals surface area contributed by atoms with Crippen molar-refractivity contribution in [2.75, 3.05) is 25.6 Å². The summed E-state index contributed by atoms with van der Waals surface area (Å²) in [5.74, 6) is -2.41. The van der Waals surface area contributed by atoms with Crippen LogP contribution >= 0.6 is 0 Å². The van der Waals surface area contributed by atoms with E-state index in [9.17, 15) is 19.2 Å². The predicted octanol–water partition coefficient (Wildman–Crippen LogP) is 2.00. The number of carbonyl (C=O) groups is 4. The van der Waals surface area contributed by atoms with E-state index in [0.717, 1.165) is 11.1 Å². The summed E-state index contributed by atoms with van der Waals surface area (Å²) < 4.78 is 9.50. The zero-order valence-corrected chi connectivity index (χ0v) is 16.4. The Balaban J connectivity index is 1.82. The lowest BCUT2D eigenvalue weighted by Gasteiger charge is -2.10. The Morgan fingerprint density at radius 3 is 2.38 bits per heavy atom. The van der Waals surface area contributed by atoms with Gasteiger partial charge in [0.2, 0.25) is 0 Å². The Kier molecular flexibility index (Phi) is 7.47. The maximum Gasteiger partial charge on any atom is 0.339 e. The monoisotopic (exact) mass is 398 g/mol. The Labute approximate surface area is 168 Å². The molecule has 2 rings (SSSR count). The summed E-state index contributed by atoms with van der Waals surface area (Å²) in [6.45, 7) is 2.88. The molecule has 0 aliphatic rings. The van der Waals surface area contributed by atoms with Crippen molar-refractivity contribution in [3.05, 3.63) is 64.7 Å². The molecule has 2 aromatic rings. The second-order valence-electron chi connectivity index (χ2n) is 6.23. The first-order valence-electron chi connectivity index (χ1n) is 8.80. The van der Waals surface area contributed by atoms with E-state index < -0.39 is 30.4 Å². The SMILES string of the molecule is COC(=O)c1ccccc1NC(=O)COC(=O)CNC(=O)c1ccc(C)c(C)c1. The maximum absolute atomic E-state index is 12.1. The number of hydrogen-bond acceptors (Lipinski definition) is 6. The second kappa shape index (κ2) is 10.0. The molecule has 0 aromatic heterocycles. The molecule has 0 spiro atoms. The van der Waals surface area contributed by atoms with Gasteiger partial charge in [0, 0.05) is 5.56 Å². The van der Waals surface area contributed by atoms with E-state index in [1.165, 1.54) is 19.2 Å². The summed E-state index contributed by atoms with van der Waals surface area (Å²) >= 11 is 0. The van der Waals surface area contributed by atoms with E-state index >= 15 is 0 Å². The number of aryl methyl sites for hydroxylation is 2. The van der Waals surface area contributed by atoms with Gasteiger partial charge in [-0.2, -0.15) is 0 Å². The molecule has 8 heteroatoms. The number of carbonyl (C=O) groups excluding carboxylic acids is 4. The number of amides is 2. The van der Waals surface area contributed by atoms with Gasteiger partial charge in [-0.25, -0.2) is 4.79 Å². The summed E-state index contributed by atoms with van der Waals surface area (Å²) in [7, 11) is 1.23. The zero-order valence-electron chi connectivity index (χ0n) is 16.4. The molecule has 0 bridgehead atoms. The van der Waals surface area contributed by atoms with E-state index in [4.69, 9.17) is 4.74 Å². The van der Waals surface area contributed by atoms with Gasteiger partial charge >= 0.3 is 11.9 Å². The van der Waals surface area contributed by atoms with Crippen LogP contribution in [0.2, 0.25) is 0 Å². The van der Waals surface area contributed by atoms with E-state index in [0.29, 0.717) is 5.56 Å². The van der Waals surface area contributed by atoms with Crippen LogP contribution in [-0.4, -0.2) is 44.0 Å². The summed E-state index contributed by atoms with van der Waals surface area (Å²) in [6.07, 6.45) is 0. The van der Waals surface area contributed by atoms with Gasteiger partial charge in [0.05, 0.1) is 18.4 Å². The van der Waals surface area contributed by atoms with E-state index in [1.807, 2.05) is 19.9 Å². The van der Waals surface area contributed by atoms with Crippen molar-refractivity contribution in [3.8, 4) is 0 Å². The van der Waals surface area contributed by atoms with Crippen molar-refractivity contribution in [1.82, 2.24) is 5.32 Å². The molecule has 0 atom stereocenters. The second-order valence-corrected chi connectivity index (χ2v) is 6.23. The Hall–Kier alpha value is -3.68. The summed E-state index contributed by atoms with van der Waals surface area (Å²) in [5.41, 5.74) is 2.86. The highest BCUT2D eigenvalue weighted by Crippen LogP contribution is 2.15. The van der Waals surface area contributed by atoms with Gasteiger partial charge in [0.25, 0.3) is 11.8 Å². The lowest BCUT2D eigenvalue weighted by atomic mass is 10.1. The fraction of sp³-hybridized carbons (Fsp3) is 0.238. The normalized spacial score (nSPS) is 10.0. The maximum atomic E-state index is 12.1. The molecule has 0 heterocycles. The molecule has 8 nitrogen and oxygen atoms in total. The first-order chi connectivity index (χ1) is 13.8. The van der Waals surface area contributed by atoms with Gasteiger partial charge in [0.15, 0.2) is 6.61 Å². The minimum Gasteiger partial charge on any atom is -0.465 e. The number of rotatable bonds is 7. The summed E-state index contributed by atoms with van der Waals surface area (Å²) in [4.78, 5) is 47.5. The van der Waals surface area contributed by atoms with Gasteiger partial charge in [-0.05, 0) is 49.2 Å². The van der Waals surface area contributed by atoms with Crippen LogP contribution in [0.3, 0.4) is 0 Å². The number of nitrogens with one attached hydrogen (secondary N) is 2. The number of hydrogen-bond donors (Lipinski definition) is 2. The quantitative estimate of drug-likeness (QED) is 0.690. The van der Waals surface area contributed by atoms with Gasteiger partial charge in [0.1, 0.15) is 6.54 Å². The Morgan fingerprint density at radius 1 is 0.966 bits per heavy atom. The molecule has 2 N–H and O–H groups in total. The minimum atomic E-state index is -0.765. The van der Waals surface area contributed by atoms with Crippen LogP contribution in [-0.2, 0) is 19.1 Å². The van der Waals surface area contributed by atoms with Gasteiger partial charge in [-0.3, -0.25) is 14.4 Å². The molecule has 152 valence electrons. The molecule has 0 unspecified atom stereocenters. The minimum absolute atomic E-state index is 0.176. The Morgan fingerprint density at radius 2 is 1.69 bits per heavy atom. The number of ether oxygens (including phenoxy) is 2. The summed E-state index contributed by atoms with van der Waals surface area (Å²) in [5, 5.41) is 4.92. The van der Waals surface area contributed by atoms with Crippen LogP contribution in [0.5, 0.6) is 0 Å². The smallest absolute Gasteiger partial charge is 0.339 e. The van der Waals surface area contributed by atoms with Crippen molar-refractivity contribution in [2.24, 2.45) is 0 Å². The third-order valence-electron chi connectivity index (χ3n) is 4.13. The highest BCUT2D eigenvalue weighted by Gasteiger charge is 2.15. The topological polar surface area (TPSA) is 111 Å². The van der Waals surface area contributed by atoms with Crippen LogP contribution in [0.4, 0.5) is 5.69 Å². The van der Waals surface area contributed by atoms with E-state index in [2.05, 4.69) is 15.4 Å². The first kappa shape index (κ1) is 21.6. The average molecular weight is 398 g/mol. The third kappa shape index (κ3) is 6.17. The number of methoxy groups -OCH3 is 1. The number of para-hydroxylation sites is 1. The van der Waals surface area contributed by atoms with Crippen LogP contribution in [0.15, 0.2) is 42.5 Å². The molecular weight excluding hydrogens is 376 g/mol. The van der Waals surface area contributed by atoms with E-state index in [1.54, 1.807) is 24.3 Å². The van der Waals surface area contributed by atoms with Gasteiger partial charge in [-0.1, -0.05) is 18.2 Å². The molecule has 2 aromatic carbocycles. The predicted molar refractivity (Wildman–Crippen MR) is 106 cm³/mol. The van der Waals surface area contributed by atoms with Crippen molar-refractivity contribution in [3.63, 3.8) is 0 Å². The molecule has 0 saturated carbocycles. The molecule has 2 amide bonds.